The molecule has 1 aromatic rings. The Kier molecular flexibility index (Phi) is 2.96. The third-order valence-electron chi connectivity index (χ3n) is 3.16. The van der Waals surface area contributed by atoms with Gasteiger partial charge in [0, 0.05) is 0 Å². The highest BCUT2D eigenvalue weighted by Crippen LogP contribution is 2.17. The Morgan fingerprint density at radius 1 is 1.50 bits per heavy atom. The second kappa shape index (κ2) is 4.25. The second-order valence-electron chi connectivity index (χ2n) is 4.34. The van der Waals surface area contributed by atoms with E-state index in [2.05, 4.69) is 10.4 Å². The van der Waals surface area contributed by atoms with Crippen LogP contribution in [0.5, 0.6) is 0 Å². The van der Waals surface area contributed by atoms with Gasteiger partial charge in [0.05, 0.1) is 23.1 Å². The van der Waals surface area contributed by atoms with Gasteiger partial charge in [0.25, 0.3) is 5.91 Å². The predicted octanol–water partition coefficient (Wildman–Crippen LogP) is 0.864. The normalized spacial score (nSPS) is 21.0. The Balaban J connectivity index is 2.22. The van der Waals surface area contributed by atoms with Crippen molar-refractivity contribution in [2.24, 2.45) is 0 Å². The number of nitrogens with zero attached hydrogens (tertiary/aromatic N) is 2. The zero-order chi connectivity index (χ0) is 11.7. The number of carbonyl (C=O) groups is 1. The summed E-state index contributed by atoms with van der Waals surface area (Å²) >= 11 is 0. The lowest BCUT2D eigenvalue weighted by Crippen LogP contribution is -2.43. The lowest BCUT2D eigenvalue weighted by atomic mass is 10.0. The fourth-order valence-electron chi connectivity index (χ4n) is 2.08. The fraction of sp³-hybridized carbons (Fsp3) is 0.636. The summed E-state index contributed by atoms with van der Waals surface area (Å²) in [6.45, 7) is 4.56. The minimum Gasteiger partial charge on any atom is -0.396 e. The molecule has 0 spiro atoms. The molecule has 5 nitrogen and oxygen atoms in total. The van der Waals surface area contributed by atoms with Crippen LogP contribution in [0.15, 0.2) is 0 Å². The molecular weight excluding hydrogens is 204 g/mol. The number of rotatable bonds is 1. The standard InChI is InChI=1S/C11H18N4O/c1-7-10(12)8(2)15(14-7)11(16)9-5-3-4-6-13-9/h9,13H,3-6,12H2,1-2H3. The molecule has 1 aromatic heterocycles. The summed E-state index contributed by atoms with van der Waals surface area (Å²) in [5.41, 5.74) is 7.90. The van der Waals surface area contributed by atoms with Crippen molar-refractivity contribution in [1.29, 1.82) is 0 Å². The highest BCUT2D eigenvalue weighted by molar-refractivity contribution is 5.85. The van der Waals surface area contributed by atoms with Crippen molar-refractivity contribution in [1.82, 2.24) is 15.1 Å². The zero-order valence-electron chi connectivity index (χ0n) is 9.79. The maximum Gasteiger partial charge on any atom is 0.264 e. The van der Waals surface area contributed by atoms with E-state index in [1.807, 2.05) is 13.8 Å². The van der Waals surface area contributed by atoms with Gasteiger partial charge in [0.15, 0.2) is 0 Å². The lowest BCUT2D eigenvalue weighted by molar-refractivity contribution is 0.0823. The van der Waals surface area contributed by atoms with Crippen molar-refractivity contribution in [2.75, 3.05) is 12.3 Å². The fourth-order valence-corrected chi connectivity index (χ4v) is 2.08. The van der Waals surface area contributed by atoms with E-state index in [1.165, 1.54) is 4.68 Å². The molecule has 0 amide bonds. The average Bonchev–Trinajstić information content (AvgIpc) is 2.57. The molecule has 1 unspecified atom stereocenters. The van der Waals surface area contributed by atoms with E-state index in [9.17, 15) is 4.79 Å². The summed E-state index contributed by atoms with van der Waals surface area (Å²) in [6, 6.07) is -0.105. The van der Waals surface area contributed by atoms with Gasteiger partial charge in [0.2, 0.25) is 0 Å². The first-order chi connectivity index (χ1) is 7.61. The van der Waals surface area contributed by atoms with Crippen LogP contribution in [0.3, 0.4) is 0 Å². The summed E-state index contributed by atoms with van der Waals surface area (Å²) in [4.78, 5) is 12.2. The molecular formula is C11H18N4O. The van der Waals surface area contributed by atoms with Crippen molar-refractivity contribution >= 4 is 11.6 Å². The van der Waals surface area contributed by atoms with Crippen LogP contribution in [0.4, 0.5) is 5.69 Å². The smallest absolute Gasteiger partial charge is 0.264 e. The van der Waals surface area contributed by atoms with Gasteiger partial charge in [-0.2, -0.15) is 5.10 Å². The molecule has 1 saturated heterocycles. The van der Waals surface area contributed by atoms with E-state index >= 15 is 0 Å². The highest BCUT2D eigenvalue weighted by atomic mass is 16.2. The Morgan fingerprint density at radius 3 is 2.75 bits per heavy atom. The first kappa shape index (κ1) is 11.1. The first-order valence-corrected chi connectivity index (χ1v) is 5.70. The third kappa shape index (κ3) is 1.82. The number of nitrogen functional groups attached to an aromatic ring is 1. The van der Waals surface area contributed by atoms with Gasteiger partial charge in [-0.05, 0) is 33.2 Å². The predicted molar refractivity (Wildman–Crippen MR) is 62.4 cm³/mol. The largest absolute Gasteiger partial charge is 0.396 e. The number of hydrogen-bond acceptors (Lipinski definition) is 4. The van der Waals surface area contributed by atoms with Crippen LogP contribution in [0.25, 0.3) is 0 Å². The first-order valence-electron chi connectivity index (χ1n) is 5.70. The minimum absolute atomic E-state index is 0.0111. The van der Waals surface area contributed by atoms with Gasteiger partial charge in [-0.25, -0.2) is 4.68 Å². The van der Waals surface area contributed by atoms with E-state index in [4.69, 9.17) is 5.73 Å². The average molecular weight is 222 g/mol. The molecule has 1 aliphatic rings. The van der Waals surface area contributed by atoms with Gasteiger partial charge in [-0.15, -0.1) is 0 Å². The molecule has 2 rings (SSSR count). The van der Waals surface area contributed by atoms with Crippen LogP contribution < -0.4 is 11.1 Å². The molecule has 2 heterocycles. The Labute approximate surface area is 95.0 Å². The number of carbonyl (C=O) groups excluding carboxylic acids is 1. The number of aryl methyl sites for hydroxylation is 1. The maximum atomic E-state index is 12.2. The topological polar surface area (TPSA) is 72.9 Å². The van der Waals surface area contributed by atoms with Crippen LogP contribution in [0.2, 0.25) is 0 Å². The van der Waals surface area contributed by atoms with E-state index in [0.717, 1.165) is 37.2 Å². The molecule has 0 radical (unpaired) electrons. The second-order valence-corrected chi connectivity index (χ2v) is 4.34. The van der Waals surface area contributed by atoms with Crippen LogP contribution in [0.1, 0.15) is 35.4 Å². The Morgan fingerprint density at radius 2 is 2.25 bits per heavy atom. The molecule has 1 atom stereocenters. The lowest BCUT2D eigenvalue weighted by Gasteiger charge is -2.22. The summed E-state index contributed by atoms with van der Waals surface area (Å²) in [6.07, 6.45) is 3.12. The molecule has 3 N–H and O–H groups in total. The number of nitrogens with one attached hydrogen (secondary N) is 1. The summed E-state index contributed by atoms with van der Waals surface area (Å²) in [5, 5.41) is 7.41. The molecule has 0 bridgehead atoms. The van der Waals surface area contributed by atoms with Crippen LogP contribution in [0, 0.1) is 13.8 Å². The zero-order valence-corrected chi connectivity index (χ0v) is 9.79. The van der Waals surface area contributed by atoms with Crippen molar-refractivity contribution in [3.8, 4) is 0 Å². The van der Waals surface area contributed by atoms with E-state index in [-0.39, 0.29) is 11.9 Å². The van der Waals surface area contributed by atoms with E-state index < -0.39 is 0 Å². The van der Waals surface area contributed by atoms with Gasteiger partial charge in [-0.1, -0.05) is 6.42 Å². The number of aromatic nitrogens is 2. The molecule has 1 aliphatic heterocycles. The summed E-state index contributed by atoms with van der Waals surface area (Å²) < 4.78 is 1.44. The minimum atomic E-state index is -0.105. The maximum absolute atomic E-state index is 12.2. The quantitative estimate of drug-likeness (QED) is 0.739. The molecule has 0 saturated carbocycles. The molecule has 0 aliphatic carbocycles. The SMILES string of the molecule is Cc1nn(C(=O)C2CCCCN2)c(C)c1N. The molecule has 88 valence electrons. The number of piperidine rings is 1. The highest BCUT2D eigenvalue weighted by Gasteiger charge is 2.24. The van der Waals surface area contributed by atoms with E-state index in [0.29, 0.717) is 5.69 Å². The van der Waals surface area contributed by atoms with Crippen molar-refractivity contribution in [3.05, 3.63) is 11.4 Å². The van der Waals surface area contributed by atoms with Gasteiger partial charge < -0.3 is 11.1 Å². The number of anilines is 1. The molecule has 5 heteroatoms. The van der Waals surface area contributed by atoms with Gasteiger partial charge in [-0.3, -0.25) is 4.79 Å². The van der Waals surface area contributed by atoms with E-state index in [1.54, 1.807) is 0 Å². The van der Waals surface area contributed by atoms with Crippen LogP contribution in [-0.4, -0.2) is 28.3 Å². The summed E-state index contributed by atoms with van der Waals surface area (Å²) in [5.74, 6) is 0.0111. The van der Waals surface area contributed by atoms with Crippen molar-refractivity contribution in [2.45, 2.75) is 39.2 Å². The van der Waals surface area contributed by atoms with Crippen molar-refractivity contribution in [3.63, 3.8) is 0 Å². The van der Waals surface area contributed by atoms with Crippen LogP contribution in [-0.2, 0) is 0 Å². The number of hydrogen-bond donors (Lipinski definition) is 2. The Hall–Kier alpha value is -1.36. The van der Waals surface area contributed by atoms with Gasteiger partial charge >= 0.3 is 0 Å². The summed E-state index contributed by atoms with van der Waals surface area (Å²) in [7, 11) is 0. The molecule has 1 fully saturated rings. The van der Waals surface area contributed by atoms with Crippen molar-refractivity contribution < 1.29 is 4.79 Å². The Bertz CT molecular complexity index is 404. The monoisotopic (exact) mass is 222 g/mol. The molecule has 16 heavy (non-hydrogen) atoms. The molecule has 0 aromatic carbocycles. The third-order valence-corrected chi connectivity index (χ3v) is 3.16. The number of nitrogens with two attached hydrogens (primary N) is 1. The van der Waals surface area contributed by atoms with Gasteiger partial charge in [0.1, 0.15) is 0 Å². The van der Waals surface area contributed by atoms with Crippen LogP contribution >= 0.6 is 0 Å².